The number of anilines is 1. The summed E-state index contributed by atoms with van der Waals surface area (Å²) in [5, 5.41) is 14.1. The van der Waals surface area contributed by atoms with Crippen LogP contribution in [0.3, 0.4) is 0 Å². The number of halogens is 2. The van der Waals surface area contributed by atoms with E-state index in [1.807, 2.05) is 11.4 Å². The summed E-state index contributed by atoms with van der Waals surface area (Å²) in [6.07, 6.45) is 1.28. The number of aromatic nitrogens is 1. The largest absolute Gasteiger partial charge is 0.478 e. The van der Waals surface area contributed by atoms with Gasteiger partial charge in [-0.05, 0) is 28.1 Å². The molecule has 2 N–H and O–H groups in total. The molecule has 18 heavy (non-hydrogen) atoms. The van der Waals surface area contributed by atoms with E-state index < -0.39 is 5.97 Å². The number of thiophene rings is 1. The van der Waals surface area contributed by atoms with E-state index in [1.165, 1.54) is 12.3 Å². The molecule has 0 aromatic carbocycles. The van der Waals surface area contributed by atoms with Gasteiger partial charge in [0.2, 0.25) is 0 Å². The molecular weight excluding hydrogens is 340 g/mol. The number of aromatic carboxylic acids is 1. The van der Waals surface area contributed by atoms with Gasteiger partial charge in [-0.15, -0.1) is 11.3 Å². The first-order valence-electron chi connectivity index (χ1n) is 4.92. The third-order valence-corrected chi connectivity index (χ3v) is 4.13. The number of pyridine rings is 1. The third-order valence-electron chi connectivity index (χ3n) is 2.14. The zero-order valence-corrected chi connectivity index (χ0v) is 12.1. The molecule has 2 aromatic rings. The smallest absolute Gasteiger partial charge is 0.337 e. The lowest BCUT2D eigenvalue weighted by Crippen LogP contribution is -2.03. The van der Waals surface area contributed by atoms with Crippen molar-refractivity contribution in [3.05, 3.63) is 43.6 Å². The highest BCUT2D eigenvalue weighted by Gasteiger charge is 2.08. The lowest BCUT2D eigenvalue weighted by Gasteiger charge is -2.06. The van der Waals surface area contributed by atoms with Crippen molar-refractivity contribution in [1.82, 2.24) is 4.98 Å². The van der Waals surface area contributed by atoms with Crippen molar-refractivity contribution in [1.29, 1.82) is 0 Å². The summed E-state index contributed by atoms with van der Waals surface area (Å²) < 4.78 is 1.03. The number of carbonyl (C=O) groups is 1. The molecule has 0 radical (unpaired) electrons. The van der Waals surface area contributed by atoms with Gasteiger partial charge in [0.05, 0.1) is 17.1 Å². The number of hydrogen-bond donors (Lipinski definition) is 2. The van der Waals surface area contributed by atoms with Crippen molar-refractivity contribution in [2.24, 2.45) is 0 Å². The van der Waals surface area contributed by atoms with Crippen LogP contribution < -0.4 is 5.32 Å². The maximum Gasteiger partial charge on any atom is 0.337 e. The quantitative estimate of drug-likeness (QED) is 0.881. The molecule has 2 aromatic heterocycles. The highest BCUT2D eigenvalue weighted by atomic mass is 79.9. The molecule has 0 aliphatic heterocycles. The second kappa shape index (κ2) is 5.69. The number of carboxylic acids is 1. The van der Waals surface area contributed by atoms with Crippen molar-refractivity contribution >= 4 is 50.7 Å². The Morgan fingerprint density at radius 1 is 1.56 bits per heavy atom. The van der Waals surface area contributed by atoms with Gasteiger partial charge in [0, 0.05) is 20.9 Å². The van der Waals surface area contributed by atoms with Crippen molar-refractivity contribution < 1.29 is 9.90 Å². The van der Waals surface area contributed by atoms with Crippen LogP contribution in [0.1, 0.15) is 15.2 Å². The molecule has 0 saturated heterocycles. The summed E-state index contributed by atoms with van der Waals surface area (Å²) in [4.78, 5) is 15.8. The Balaban J connectivity index is 2.08. The number of nitrogens with zero attached hydrogens (tertiary/aromatic N) is 1. The first-order valence-corrected chi connectivity index (χ1v) is 6.97. The molecule has 0 unspecified atom stereocenters. The van der Waals surface area contributed by atoms with Gasteiger partial charge in [0.15, 0.2) is 0 Å². The molecule has 0 atom stereocenters. The normalized spacial score (nSPS) is 10.3. The minimum Gasteiger partial charge on any atom is -0.478 e. The van der Waals surface area contributed by atoms with Crippen LogP contribution in [0.4, 0.5) is 5.82 Å². The molecule has 0 bridgehead atoms. The Morgan fingerprint density at radius 2 is 2.33 bits per heavy atom. The lowest BCUT2D eigenvalue weighted by molar-refractivity contribution is 0.0696. The summed E-state index contributed by atoms with van der Waals surface area (Å²) in [6.45, 7) is 0.593. The molecule has 0 spiro atoms. The second-order valence-electron chi connectivity index (χ2n) is 3.44. The van der Waals surface area contributed by atoms with Crippen molar-refractivity contribution in [3.8, 4) is 0 Å². The molecule has 0 fully saturated rings. The summed E-state index contributed by atoms with van der Waals surface area (Å²) in [7, 11) is 0. The zero-order chi connectivity index (χ0) is 13.1. The summed E-state index contributed by atoms with van der Waals surface area (Å²) in [5.41, 5.74) is 0.0735. The van der Waals surface area contributed by atoms with Gasteiger partial charge in [-0.25, -0.2) is 9.78 Å². The monoisotopic (exact) mass is 346 g/mol. The Bertz CT molecular complexity index is 588. The van der Waals surface area contributed by atoms with Crippen LogP contribution in [0.5, 0.6) is 0 Å². The summed E-state index contributed by atoms with van der Waals surface area (Å²) in [5.74, 6) is -0.565. The molecule has 7 heteroatoms. The number of rotatable bonds is 4. The Morgan fingerprint density at radius 3 is 2.89 bits per heavy atom. The van der Waals surface area contributed by atoms with Gasteiger partial charge in [0.25, 0.3) is 0 Å². The molecule has 0 aliphatic carbocycles. The number of hydrogen-bond acceptors (Lipinski definition) is 4. The maximum atomic E-state index is 10.7. The predicted octanol–water partition coefficient (Wildman–Crippen LogP) is 3.87. The molecule has 94 valence electrons. The van der Waals surface area contributed by atoms with E-state index in [-0.39, 0.29) is 5.56 Å². The Labute approximate surface area is 121 Å². The molecular formula is C11H8BrClN2O2S. The van der Waals surface area contributed by atoms with Crippen LogP contribution in [0.2, 0.25) is 5.02 Å². The Hall–Kier alpha value is -1.11. The average molecular weight is 348 g/mol. The first kappa shape index (κ1) is 13.3. The lowest BCUT2D eigenvalue weighted by atomic mass is 10.3. The number of carboxylic acid groups (broad SMARTS) is 1. The van der Waals surface area contributed by atoms with Gasteiger partial charge in [-0.1, -0.05) is 11.6 Å². The van der Waals surface area contributed by atoms with Gasteiger partial charge >= 0.3 is 5.97 Å². The standard InChI is InChI=1S/C11H8BrClN2O2S/c12-7-2-8(18-5-7)4-15-10-9(13)1-6(3-14-10)11(16)17/h1-3,5H,4H2,(H,14,15)(H,16,17). The van der Waals surface area contributed by atoms with E-state index in [4.69, 9.17) is 16.7 Å². The van der Waals surface area contributed by atoms with Crippen LogP contribution >= 0.6 is 38.9 Å². The molecule has 0 saturated carbocycles. The van der Waals surface area contributed by atoms with Crippen molar-refractivity contribution in [2.75, 3.05) is 5.32 Å². The maximum absolute atomic E-state index is 10.7. The van der Waals surface area contributed by atoms with Crippen molar-refractivity contribution in [3.63, 3.8) is 0 Å². The van der Waals surface area contributed by atoms with Crippen LogP contribution in [0.15, 0.2) is 28.2 Å². The van der Waals surface area contributed by atoms with Gasteiger partial charge in [-0.2, -0.15) is 0 Å². The molecule has 0 aliphatic rings. The number of nitrogens with one attached hydrogen (secondary N) is 1. The average Bonchev–Trinajstić information content (AvgIpc) is 2.73. The van der Waals surface area contributed by atoms with E-state index in [9.17, 15) is 4.79 Å². The second-order valence-corrected chi connectivity index (χ2v) is 5.76. The molecule has 2 rings (SSSR count). The highest BCUT2D eigenvalue weighted by Crippen LogP contribution is 2.23. The zero-order valence-electron chi connectivity index (χ0n) is 8.98. The van der Waals surface area contributed by atoms with Crippen LogP contribution in [0, 0.1) is 0 Å². The third kappa shape index (κ3) is 3.22. The van der Waals surface area contributed by atoms with Gasteiger partial charge in [0.1, 0.15) is 5.82 Å². The van der Waals surface area contributed by atoms with E-state index in [0.717, 1.165) is 9.35 Å². The first-order chi connectivity index (χ1) is 8.56. The van der Waals surface area contributed by atoms with Gasteiger partial charge in [-0.3, -0.25) is 0 Å². The van der Waals surface area contributed by atoms with Crippen LogP contribution in [0.25, 0.3) is 0 Å². The summed E-state index contributed by atoms with van der Waals surface area (Å²) in [6, 6.07) is 3.38. The van der Waals surface area contributed by atoms with Crippen LogP contribution in [-0.4, -0.2) is 16.1 Å². The molecule has 2 heterocycles. The topological polar surface area (TPSA) is 62.2 Å². The highest BCUT2D eigenvalue weighted by molar-refractivity contribution is 9.10. The fraction of sp³-hybridized carbons (Fsp3) is 0.0909. The minimum atomic E-state index is -1.04. The predicted molar refractivity (Wildman–Crippen MR) is 75.6 cm³/mol. The molecule has 4 nitrogen and oxygen atoms in total. The van der Waals surface area contributed by atoms with Crippen LogP contribution in [-0.2, 0) is 6.54 Å². The van der Waals surface area contributed by atoms with E-state index in [0.29, 0.717) is 17.4 Å². The fourth-order valence-corrected chi connectivity index (χ4v) is 2.93. The van der Waals surface area contributed by atoms with Gasteiger partial charge < -0.3 is 10.4 Å². The fourth-order valence-electron chi connectivity index (χ4n) is 1.30. The van der Waals surface area contributed by atoms with E-state index >= 15 is 0 Å². The van der Waals surface area contributed by atoms with Crippen molar-refractivity contribution in [2.45, 2.75) is 6.54 Å². The van der Waals surface area contributed by atoms with E-state index in [2.05, 4.69) is 26.2 Å². The summed E-state index contributed by atoms with van der Waals surface area (Å²) >= 11 is 10.9. The van der Waals surface area contributed by atoms with E-state index in [1.54, 1.807) is 11.3 Å². The minimum absolute atomic E-state index is 0.0735. The Kier molecular flexibility index (Phi) is 4.21. The SMILES string of the molecule is O=C(O)c1cnc(NCc2cc(Br)cs2)c(Cl)c1. The molecule has 0 amide bonds.